The minimum Gasteiger partial charge on any atom is -0.495 e. The van der Waals surface area contributed by atoms with Crippen LogP contribution in [0.1, 0.15) is 33.3 Å². The van der Waals surface area contributed by atoms with E-state index >= 15 is 0 Å². The molecule has 3 aromatic carbocycles. The summed E-state index contributed by atoms with van der Waals surface area (Å²) in [5, 5.41) is 3.66. The Morgan fingerprint density at radius 1 is 0.844 bits per heavy atom. The fourth-order valence-electron chi connectivity index (χ4n) is 4.37. The van der Waals surface area contributed by atoms with E-state index in [4.69, 9.17) is 49.0 Å². The van der Waals surface area contributed by atoms with Gasteiger partial charge in [-0.1, -0.05) is 40.9 Å². The molecule has 0 bridgehead atoms. The zero-order valence-corrected chi connectivity index (χ0v) is 29.1. The molecule has 2 amide bonds. The number of sulfonamides is 1. The highest BCUT2D eigenvalue weighted by atomic mass is 35.5. The molecule has 1 unspecified atom stereocenters. The molecule has 244 valence electrons. The number of anilines is 1. The molecule has 14 heteroatoms. The standard InChI is InChI=1S/C31H36Cl3N3O7S/c1-19(30(39)35-31(2,3)4)36(17-20-8-11-23(33)24(34)14-20)29(38)18-37(25-15-21(32)9-12-26(25)42-5)45(40,41)22-10-13-27(43-6)28(16-22)44-7/h8-16,19H,17-18H2,1-7H3,(H,35,39). The number of carbonyl (C=O) groups excluding carboxylic acids is 2. The van der Waals surface area contributed by atoms with Crippen molar-refractivity contribution in [1.29, 1.82) is 0 Å². The van der Waals surface area contributed by atoms with Gasteiger partial charge in [0.15, 0.2) is 11.5 Å². The van der Waals surface area contributed by atoms with Gasteiger partial charge in [-0.2, -0.15) is 0 Å². The fourth-order valence-corrected chi connectivity index (χ4v) is 6.29. The van der Waals surface area contributed by atoms with Crippen LogP contribution < -0.4 is 23.8 Å². The number of methoxy groups -OCH3 is 3. The number of ether oxygens (including phenoxy) is 3. The summed E-state index contributed by atoms with van der Waals surface area (Å²) in [4.78, 5) is 28.6. The lowest BCUT2D eigenvalue weighted by Crippen LogP contribution is -2.54. The maximum atomic E-state index is 14.3. The summed E-state index contributed by atoms with van der Waals surface area (Å²) >= 11 is 18.7. The number of hydrogen-bond donors (Lipinski definition) is 1. The Morgan fingerprint density at radius 3 is 2.04 bits per heavy atom. The topological polar surface area (TPSA) is 114 Å². The van der Waals surface area contributed by atoms with Crippen molar-refractivity contribution in [1.82, 2.24) is 10.2 Å². The van der Waals surface area contributed by atoms with Gasteiger partial charge in [0.2, 0.25) is 11.8 Å². The van der Waals surface area contributed by atoms with E-state index in [0.717, 1.165) is 4.31 Å². The summed E-state index contributed by atoms with van der Waals surface area (Å²) in [7, 11) is -0.311. The number of carbonyl (C=O) groups is 2. The number of hydrogen-bond acceptors (Lipinski definition) is 7. The molecule has 0 radical (unpaired) electrons. The summed E-state index contributed by atoms with van der Waals surface area (Å²) in [5.41, 5.74) is -0.0159. The summed E-state index contributed by atoms with van der Waals surface area (Å²) in [6.45, 7) is 6.19. The van der Waals surface area contributed by atoms with E-state index < -0.39 is 40.0 Å². The van der Waals surface area contributed by atoms with Gasteiger partial charge < -0.3 is 24.4 Å². The highest BCUT2D eigenvalue weighted by Gasteiger charge is 2.35. The predicted molar refractivity (Wildman–Crippen MR) is 176 cm³/mol. The molecule has 3 rings (SSSR count). The molecular formula is C31H36Cl3N3O7S. The maximum absolute atomic E-state index is 14.3. The highest BCUT2D eigenvalue weighted by Crippen LogP contribution is 2.37. The number of amides is 2. The quantitative estimate of drug-likeness (QED) is 0.239. The Hall–Kier alpha value is -3.38. The van der Waals surface area contributed by atoms with Crippen LogP contribution in [0.25, 0.3) is 0 Å². The second-order valence-electron chi connectivity index (χ2n) is 11.0. The first kappa shape index (κ1) is 36.1. The van der Waals surface area contributed by atoms with Crippen LogP contribution in [0.5, 0.6) is 17.2 Å². The summed E-state index contributed by atoms with van der Waals surface area (Å²) in [6, 6.07) is 12.3. The smallest absolute Gasteiger partial charge is 0.265 e. The molecule has 10 nitrogen and oxygen atoms in total. The first-order valence-electron chi connectivity index (χ1n) is 13.7. The van der Waals surface area contributed by atoms with Gasteiger partial charge in [-0.3, -0.25) is 13.9 Å². The molecule has 0 saturated heterocycles. The van der Waals surface area contributed by atoms with Crippen LogP contribution in [0.3, 0.4) is 0 Å². The molecular weight excluding hydrogens is 665 g/mol. The molecule has 0 aliphatic rings. The monoisotopic (exact) mass is 699 g/mol. The Morgan fingerprint density at radius 2 is 1.47 bits per heavy atom. The molecule has 1 N–H and O–H groups in total. The Labute approximate surface area is 279 Å². The first-order valence-corrected chi connectivity index (χ1v) is 16.2. The molecule has 0 aliphatic heterocycles. The van der Waals surface area contributed by atoms with Crippen molar-refractivity contribution in [2.75, 3.05) is 32.2 Å². The van der Waals surface area contributed by atoms with E-state index in [0.29, 0.717) is 16.3 Å². The van der Waals surface area contributed by atoms with Gasteiger partial charge in [0.1, 0.15) is 18.3 Å². The van der Waals surface area contributed by atoms with Crippen molar-refractivity contribution >= 4 is 62.3 Å². The summed E-state index contributed by atoms with van der Waals surface area (Å²) in [6.07, 6.45) is 0. The van der Waals surface area contributed by atoms with Gasteiger partial charge >= 0.3 is 0 Å². The van der Waals surface area contributed by atoms with Gasteiger partial charge in [-0.05, 0) is 75.7 Å². The van der Waals surface area contributed by atoms with E-state index in [9.17, 15) is 18.0 Å². The number of halogens is 3. The van der Waals surface area contributed by atoms with Crippen LogP contribution >= 0.6 is 34.8 Å². The zero-order chi connectivity index (χ0) is 33.7. The van der Waals surface area contributed by atoms with Gasteiger partial charge in [-0.25, -0.2) is 8.42 Å². The zero-order valence-electron chi connectivity index (χ0n) is 26.0. The number of nitrogens with zero attached hydrogens (tertiary/aromatic N) is 2. The lowest BCUT2D eigenvalue weighted by molar-refractivity contribution is -0.140. The van der Waals surface area contributed by atoms with E-state index in [-0.39, 0.29) is 38.7 Å². The third kappa shape index (κ3) is 8.88. The number of nitrogens with one attached hydrogen (secondary N) is 1. The van der Waals surface area contributed by atoms with Crippen LogP contribution in [0.15, 0.2) is 59.5 Å². The summed E-state index contributed by atoms with van der Waals surface area (Å²) < 4.78 is 45.6. The minimum atomic E-state index is -4.48. The van der Waals surface area contributed by atoms with E-state index in [2.05, 4.69) is 5.32 Å². The average Bonchev–Trinajstić information content (AvgIpc) is 2.98. The van der Waals surface area contributed by atoms with Crippen molar-refractivity contribution in [3.8, 4) is 17.2 Å². The maximum Gasteiger partial charge on any atom is 0.265 e. The molecule has 0 spiro atoms. The van der Waals surface area contributed by atoms with Gasteiger partial charge in [0.25, 0.3) is 10.0 Å². The van der Waals surface area contributed by atoms with Gasteiger partial charge in [0.05, 0.1) is 42.0 Å². The third-order valence-corrected chi connectivity index (χ3v) is 9.36. The Bertz CT molecular complexity index is 1660. The van der Waals surface area contributed by atoms with E-state index in [1.165, 1.54) is 62.6 Å². The normalized spacial score (nSPS) is 12.2. The minimum absolute atomic E-state index is 0.00872. The fraction of sp³-hybridized carbons (Fsp3) is 0.355. The van der Waals surface area contributed by atoms with Crippen molar-refractivity contribution in [3.63, 3.8) is 0 Å². The summed E-state index contributed by atoms with van der Waals surface area (Å²) in [5.74, 6) is -0.511. The van der Waals surface area contributed by atoms with Crippen molar-refractivity contribution in [2.45, 2.75) is 50.7 Å². The van der Waals surface area contributed by atoms with Crippen LogP contribution in [-0.4, -0.2) is 64.6 Å². The van der Waals surface area contributed by atoms with E-state index in [1.807, 2.05) is 20.8 Å². The van der Waals surface area contributed by atoms with Crippen LogP contribution in [0.2, 0.25) is 15.1 Å². The van der Waals surface area contributed by atoms with Crippen molar-refractivity contribution in [3.05, 3.63) is 75.2 Å². The number of benzene rings is 3. The van der Waals surface area contributed by atoms with Gasteiger partial charge in [0, 0.05) is 23.2 Å². The lowest BCUT2D eigenvalue weighted by Gasteiger charge is -2.34. The second kappa shape index (κ2) is 14.8. The molecule has 0 aliphatic carbocycles. The largest absolute Gasteiger partial charge is 0.495 e. The molecule has 1 atom stereocenters. The average molecular weight is 701 g/mol. The predicted octanol–water partition coefficient (Wildman–Crippen LogP) is 6.20. The Balaban J connectivity index is 2.17. The lowest BCUT2D eigenvalue weighted by atomic mass is 10.1. The van der Waals surface area contributed by atoms with Crippen LogP contribution in [0, 0.1) is 0 Å². The molecule has 45 heavy (non-hydrogen) atoms. The van der Waals surface area contributed by atoms with Crippen LogP contribution in [-0.2, 0) is 26.2 Å². The first-order chi connectivity index (χ1) is 21.0. The van der Waals surface area contributed by atoms with E-state index in [1.54, 1.807) is 25.1 Å². The number of rotatable bonds is 12. The van der Waals surface area contributed by atoms with Crippen molar-refractivity contribution in [2.24, 2.45) is 0 Å². The SMILES string of the molecule is COc1ccc(S(=O)(=O)N(CC(=O)N(Cc2ccc(Cl)c(Cl)c2)C(C)C(=O)NC(C)(C)C)c2cc(Cl)ccc2OC)cc1OC. The van der Waals surface area contributed by atoms with Gasteiger partial charge in [-0.15, -0.1) is 0 Å². The molecule has 0 heterocycles. The molecule has 0 saturated carbocycles. The van der Waals surface area contributed by atoms with Crippen LogP contribution in [0.4, 0.5) is 5.69 Å². The Kier molecular flexibility index (Phi) is 11.9. The van der Waals surface area contributed by atoms with Crippen molar-refractivity contribution < 1.29 is 32.2 Å². The second-order valence-corrected chi connectivity index (χ2v) is 14.1. The molecule has 0 aromatic heterocycles. The molecule has 3 aromatic rings. The highest BCUT2D eigenvalue weighted by molar-refractivity contribution is 7.92. The molecule has 0 fully saturated rings. The third-order valence-electron chi connectivity index (χ3n) is 6.63.